The molecule has 0 radical (unpaired) electrons. The zero-order valence-electron chi connectivity index (χ0n) is 16.1. The largest absolute Gasteiger partial charge is 0.494 e. The highest BCUT2D eigenvalue weighted by Crippen LogP contribution is 2.45. The molecule has 3 atom stereocenters. The molecule has 0 spiro atoms. The number of hydrogen-bond acceptors (Lipinski definition) is 4. The maximum atomic E-state index is 14.1. The summed E-state index contributed by atoms with van der Waals surface area (Å²) in [5.74, 6) is -0.0982. The summed E-state index contributed by atoms with van der Waals surface area (Å²) >= 11 is 0. The van der Waals surface area contributed by atoms with Crippen LogP contribution in [0.3, 0.4) is 0 Å². The predicted molar refractivity (Wildman–Crippen MR) is 104 cm³/mol. The third-order valence-electron chi connectivity index (χ3n) is 5.44. The van der Waals surface area contributed by atoms with E-state index in [9.17, 15) is 14.0 Å². The Morgan fingerprint density at radius 3 is 2.86 bits per heavy atom. The van der Waals surface area contributed by atoms with Gasteiger partial charge in [0.1, 0.15) is 0 Å². The average Bonchev–Trinajstić information content (AvgIpc) is 3.44. The molecule has 3 amide bonds. The summed E-state index contributed by atoms with van der Waals surface area (Å²) in [6, 6.07) is 11.1. The smallest absolute Gasteiger partial charge is 0.315 e. The van der Waals surface area contributed by atoms with Crippen LogP contribution in [-0.2, 0) is 11.3 Å². The van der Waals surface area contributed by atoms with E-state index in [4.69, 9.17) is 4.74 Å². The van der Waals surface area contributed by atoms with Crippen molar-refractivity contribution in [3.63, 3.8) is 0 Å². The Kier molecular flexibility index (Phi) is 5.33. The fourth-order valence-corrected chi connectivity index (χ4v) is 3.88. The average molecular weight is 398 g/mol. The summed E-state index contributed by atoms with van der Waals surface area (Å²) in [4.78, 5) is 30.4. The molecule has 2 fully saturated rings. The van der Waals surface area contributed by atoms with Crippen molar-refractivity contribution in [2.24, 2.45) is 0 Å². The molecule has 1 aliphatic carbocycles. The van der Waals surface area contributed by atoms with E-state index in [1.165, 1.54) is 24.9 Å². The maximum Gasteiger partial charge on any atom is 0.315 e. The highest BCUT2D eigenvalue weighted by Gasteiger charge is 2.47. The fraction of sp³-hybridized carbons (Fsp3) is 0.381. The van der Waals surface area contributed by atoms with E-state index in [0.717, 1.165) is 6.42 Å². The fourth-order valence-electron chi connectivity index (χ4n) is 3.88. The van der Waals surface area contributed by atoms with Crippen molar-refractivity contribution >= 4 is 11.9 Å². The lowest BCUT2D eigenvalue weighted by Crippen LogP contribution is -2.43. The number of amides is 3. The molecular weight excluding hydrogens is 375 g/mol. The molecule has 7 nitrogen and oxygen atoms in total. The summed E-state index contributed by atoms with van der Waals surface area (Å²) in [6.07, 6.45) is 2.65. The molecule has 29 heavy (non-hydrogen) atoms. The van der Waals surface area contributed by atoms with Crippen LogP contribution in [0.15, 0.2) is 42.6 Å². The SMILES string of the molecule is COc1ccnc(CNC(=O)NC2CC(=O)N(C3CC3c3ccccc3)C2)c1F. The standard InChI is InChI=1S/C21H23FN4O3/c1-29-18-7-8-23-16(20(18)22)11-24-21(28)25-14-9-19(27)26(12-14)17-10-15(17)13-5-3-2-4-6-13/h2-8,14-15,17H,9-12H2,1H3,(H2,24,25,28). The van der Waals surface area contributed by atoms with Crippen LogP contribution in [0.4, 0.5) is 9.18 Å². The van der Waals surface area contributed by atoms with Crippen LogP contribution in [0.25, 0.3) is 0 Å². The van der Waals surface area contributed by atoms with Crippen molar-refractivity contribution in [3.8, 4) is 5.75 Å². The molecule has 1 saturated heterocycles. The number of carbonyl (C=O) groups excluding carboxylic acids is 2. The first-order chi connectivity index (χ1) is 14.1. The minimum absolute atomic E-state index is 0.0548. The molecular formula is C21H23FN4O3. The van der Waals surface area contributed by atoms with Gasteiger partial charge in [-0.2, -0.15) is 0 Å². The lowest BCUT2D eigenvalue weighted by Gasteiger charge is -2.18. The van der Waals surface area contributed by atoms with Crippen LogP contribution >= 0.6 is 0 Å². The monoisotopic (exact) mass is 398 g/mol. The number of urea groups is 1. The van der Waals surface area contributed by atoms with E-state index < -0.39 is 11.8 Å². The minimum atomic E-state index is -0.599. The topological polar surface area (TPSA) is 83.6 Å². The normalized spacial score (nSPS) is 23.0. The number of rotatable bonds is 6. The molecule has 2 heterocycles. The van der Waals surface area contributed by atoms with Gasteiger partial charge < -0.3 is 20.3 Å². The Hall–Kier alpha value is -3.16. The van der Waals surface area contributed by atoms with Crippen LogP contribution in [0.2, 0.25) is 0 Å². The van der Waals surface area contributed by atoms with Crippen molar-refractivity contribution in [3.05, 3.63) is 59.7 Å². The predicted octanol–water partition coefficient (Wildman–Crippen LogP) is 2.19. The van der Waals surface area contributed by atoms with Gasteiger partial charge in [-0.3, -0.25) is 9.78 Å². The number of pyridine rings is 1. The van der Waals surface area contributed by atoms with Gasteiger partial charge in [0.05, 0.1) is 25.4 Å². The van der Waals surface area contributed by atoms with Gasteiger partial charge in [-0.05, 0) is 12.0 Å². The highest BCUT2D eigenvalue weighted by atomic mass is 19.1. The van der Waals surface area contributed by atoms with Crippen molar-refractivity contribution in [1.82, 2.24) is 20.5 Å². The molecule has 1 aromatic heterocycles. The van der Waals surface area contributed by atoms with Crippen molar-refractivity contribution in [1.29, 1.82) is 0 Å². The van der Waals surface area contributed by atoms with Crippen LogP contribution in [-0.4, -0.2) is 47.6 Å². The second kappa shape index (κ2) is 8.06. The zero-order chi connectivity index (χ0) is 20.4. The number of hydrogen-bond donors (Lipinski definition) is 2. The number of aromatic nitrogens is 1. The third kappa shape index (κ3) is 4.16. The van der Waals surface area contributed by atoms with Crippen LogP contribution in [0.5, 0.6) is 5.75 Å². The van der Waals surface area contributed by atoms with E-state index in [-0.39, 0.29) is 42.4 Å². The third-order valence-corrected chi connectivity index (χ3v) is 5.44. The Bertz CT molecular complexity index is 908. The van der Waals surface area contributed by atoms with Gasteiger partial charge in [0.25, 0.3) is 0 Å². The molecule has 8 heteroatoms. The van der Waals surface area contributed by atoms with Gasteiger partial charge in [0.2, 0.25) is 5.91 Å². The van der Waals surface area contributed by atoms with E-state index in [1.807, 2.05) is 23.1 Å². The number of likely N-dealkylation sites (tertiary alicyclic amines) is 1. The molecule has 1 aromatic carbocycles. The van der Waals surface area contributed by atoms with E-state index in [1.54, 1.807) is 0 Å². The Morgan fingerprint density at radius 2 is 2.10 bits per heavy atom. The van der Waals surface area contributed by atoms with Gasteiger partial charge >= 0.3 is 6.03 Å². The molecule has 1 aliphatic heterocycles. The number of halogens is 1. The summed E-state index contributed by atoms with van der Waals surface area (Å²) in [7, 11) is 1.37. The van der Waals surface area contributed by atoms with Crippen molar-refractivity contribution in [2.75, 3.05) is 13.7 Å². The minimum Gasteiger partial charge on any atom is -0.494 e. The van der Waals surface area contributed by atoms with Gasteiger partial charge in [0, 0.05) is 37.2 Å². The van der Waals surface area contributed by atoms with Gasteiger partial charge in [-0.1, -0.05) is 30.3 Å². The number of benzene rings is 1. The van der Waals surface area contributed by atoms with E-state index in [0.29, 0.717) is 12.5 Å². The number of nitrogens with zero attached hydrogens (tertiary/aromatic N) is 2. The van der Waals surface area contributed by atoms with E-state index >= 15 is 0 Å². The summed E-state index contributed by atoms with van der Waals surface area (Å²) in [5.41, 5.74) is 1.33. The molecule has 152 valence electrons. The lowest BCUT2D eigenvalue weighted by atomic mass is 10.1. The summed E-state index contributed by atoms with van der Waals surface area (Å²) in [5, 5.41) is 5.39. The maximum absolute atomic E-state index is 14.1. The van der Waals surface area contributed by atoms with Crippen molar-refractivity contribution in [2.45, 2.75) is 37.4 Å². The van der Waals surface area contributed by atoms with Crippen LogP contribution in [0.1, 0.15) is 30.0 Å². The molecule has 0 bridgehead atoms. The highest BCUT2D eigenvalue weighted by molar-refractivity contribution is 5.82. The number of carbonyl (C=O) groups is 2. The van der Waals surface area contributed by atoms with Crippen LogP contribution < -0.4 is 15.4 Å². The second-order valence-corrected chi connectivity index (χ2v) is 7.37. The van der Waals surface area contributed by atoms with E-state index in [2.05, 4.69) is 27.8 Å². The first kappa shape index (κ1) is 19.2. The molecule has 4 rings (SSSR count). The molecule has 2 N–H and O–H groups in total. The first-order valence-electron chi connectivity index (χ1n) is 9.63. The number of nitrogens with one attached hydrogen (secondary N) is 2. The molecule has 3 unspecified atom stereocenters. The second-order valence-electron chi connectivity index (χ2n) is 7.37. The number of methoxy groups -OCH3 is 1. The Morgan fingerprint density at radius 1 is 1.31 bits per heavy atom. The van der Waals surface area contributed by atoms with Gasteiger partial charge in [-0.25, -0.2) is 9.18 Å². The first-order valence-corrected chi connectivity index (χ1v) is 9.63. The zero-order valence-corrected chi connectivity index (χ0v) is 16.1. The lowest BCUT2D eigenvalue weighted by molar-refractivity contribution is -0.128. The number of ether oxygens (including phenoxy) is 1. The van der Waals surface area contributed by atoms with Crippen LogP contribution in [0, 0.1) is 5.82 Å². The molecule has 2 aromatic rings. The Balaban J connectivity index is 1.28. The van der Waals surface area contributed by atoms with Gasteiger partial charge in [0.15, 0.2) is 11.6 Å². The van der Waals surface area contributed by atoms with Crippen molar-refractivity contribution < 1.29 is 18.7 Å². The summed E-state index contributed by atoms with van der Waals surface area (Å²) in [6.45, 7) is 0.421. The molecule has 2 aliphatic rings. The molecule has 1 saturated carbocycles. The Labute approximate surface area is 168 Å². The quantitative estimate of drug-likeness (QED) is 0.781. The van der Waals surface area contributed by atoms with Gasteiger partial charge in [-0.15, -0.1) is 0 Å². The summed E-state index contributed by atoms with van der Waals surface area (Å²) < 4.78 is 19.0.